The van der Waals surface area contributed by atoms with Gasteiger partial charge in [0.25, 0.3) is 5.92 Å². The van der Waals surface area contributed by atoms with E-state index in [2.05, 4.69) is 12.1 Å². The van der Waals surface area contributed by atoms with Crippen LogP contribution in [0.3, 0.4) is 0 Å². The van der Waals surface area contributed by atoms with Crippen molar-refractivity contribution in [3.63, 3.8) is 0 Å². The normalized spacial score (nSPS) is 22.0. The van der Waals surface area contributed by atoms with E-state index >= 15 is 0 Å². The number of rotatable bonds is 13. The number of halogens is 2. The van der Waals surface area contributed by atoms with E-state index in [1.807, 2.05) is 25.1 Å². The fourth-order valence-electron chi connectivity index (χ4n) is 4.50. The van der Waals surface area contributed by atoms with Gasteiger partial charge in [-0.3, -0.25) is 4.90 Å². The molecule has 0 bridgehead atoms. The molecule has 1 aliphatic rings. The fourth-order valence-corrected chi connectivity index (χ4v) is 5.39. The van der Waals surface area contributed by atoms with Gasteiger partial charge in [-0.25, -0.2) is 13.6 Å². The smallest absolute Gasteiger partial charge is 0.345 e. The summed E-state index contributed by atoms with van der Waals surface area (Å²) < 4.78 is 28.5. The maximum absolute atomic E-state index is 14.3. The van der Waals surface area contributed by atoms with Gasteiger partial charge in [-0.1, -0.05) is 55.8 Å². The molecule has 1 saturated heterocycles. The van der Waals surface area contributed by atoms with Gasteiger partial charge in [0.15, 0.2) is 6.23 Å². The molecule has 4 atom stereocenters. The van der Waals surface area contributed by atoms with Crippen LogP contribution >= 0.6 is 11.3 Å². The third-order valence-corrected chi connectivity index (χ3v) is 7.78. The van der Waals surface area contributed by atoms with E-state index < -0.39 is 36.7 Å². The number of aliphatic hydroxyl groups excluding tert-OH is 2. The minimum absolute atomic E-state index is 0.00423. The summed E-state index contributed by atoms with van der Waals surface area (Å²) >= 11 is 1.17. The molecule has 3 rings (SSSR count). The van der Waals surface area contributed by atoms with Crippen LogP contribution < -0.4 is 0 Å². The number of hydrogen-bond donors (Lipinski definition) is 3. The molecular formula is C27H35F2NO4S. The average Bonchev–Trinajstić information content (AvgIpc) is 3.39. The molecule has 0 saturated carbocycles. The van der Waals surface area contributed by atoms with E-state index in [4.69, 9.17) is 5.11 Å². The number of aryl methyl sites for hydroxylation is 2. The van der Waals surface area contributed by atoms with Gasteiger partial charge in [0, 0.05) is 23.9 Å². The van der Waals surface area contributed by atoms with Crippen LogP contribution in [0.25, 0.3) is 0 Å². The number of hydrogen-bond acceptors (Lipinski definition) is 5. The van der Waals surface area contributed by atoms with Gasteiger partial charge in [-0.15, -0.1) is 11.3 Å². The highest BCUT2D eigenvalue weighted by Crippen LogP contribution is 2.37. The second-order valence-corrected chi connectivity index (χ2v) is 10.6. The lowest BCUT2D eigenvalue weighted by atomic mass is 9.95. The summed E-state index contributed by atoms with van der Waals surface area (Å²) in [5.41, 5.74) is 1.29. The second-order valence-electron chi connectivity index (χ2n) is 9.40. The molecule has 0 spiro atoms. The number of alkyl halides is 2. The maximum atomic E-state index is 14.3. The molecule has 1 aromatic heterocycles. The van der Waals surface area contributed by atoms with Crippen molar-refractivity contribution < 1.29 is 28.9 Å². The minimum Gasteiger partial charge on any atom is -0.477 e. The van der Waals surface area contributed by atoms with E-state index in [1.54, 1.807) is 18.2 Å². The quantitative estimate of drug-likeness (QED) is 0.251. The molecule has 1 aromatic carbocycles. The van der Waals surface area contributed by atoms with Gasteiger partial charge in [-0.2, -0.15) is 0 Å². The summed E-state index contributed by atoms with van der Waals surface area (Å²) in [7, 11) is 0. The highest BCUT2D eigenvalue weighted by molar-refractivity contribution is 7.13. The van der Waals surface area contributed by atoms with E-state index in [0.717, 1.165) is 30.6 Å². The van der Waals surface area contributed by atoms with Crippen molar-refractivity contribution in [3.8, 4) is 0 Å². The molecule has 1 fully saturated rings. The van der Waals surface area contributed by atoms with Crippen LogP contribution in [0.15, 0.2) is 54.6 Å². The second kappa shape index (κ2) is 12.7. The zero-order chi connectivity index (χ0) is 25.4. The number of carboxylic acids is 1. The Morgan fingerprint density at radius 2 is 1.91 bits per heavy atom. The first-order valence-electron chi connectivity index (χ1n) is 12.2. The van der Waals surface area contributed by atoms with Gasteiger partial charge in [-0.05, 0) is 55.7 Å². The molecule has 3 N–H and O–H groups in total. The van der Waals surface area contributed by atoms with Crippen LogP contribution in [0.5, 0.6) is 0 Å². The van der Waals surface area contributed by atoms with Gasteiger partial charge < -0.3 is 15.3 Å². The van der Waals surface area contributed by atoms with Gasteiger partial charge in [0.2, 0.25) is 0 Å². The van der Waals surface area contributed by atoms with Crippen molar-refractivity contribution in [2.45, 2.75) is 76.2 Å². The molecule has 0 amide bonds. The lowest BCUT2D eigenvalue weighted by Gasteiger charge is -2.26. The summed E-state index contributed by atoms with van der Waals surface area (Å²) in [6.45, 7) is 2.21. The monoisotopic (exact) mass is 507 g/mol. The first-order valence-corrected chi connectivity index (χ1v) is 13.0. The summed E-state index contributed by atoms with van der Waals surface area (Å²) in [4.78, 5) is 13.5. The molecule has 2 aromatic rings. The largest absolute Gasteiger partial charge is 0.477 e. The SMILES string of the molecule is CC(CCCCc1ccccc1)C(O)C=CC1CC(F)(F)C(O)N1CCCc1ccc(C(=O)O)s1. The molecular weight excluding hydrogens is 472 g/mol. The van der Waals surface area contributed by atoms with Crippen LogP contribution in [0.2, 0.25) is 0 Å². The lowest BCUT2D eigenvalue weighted by Crippen LogP contribution is -2.41. The summed E-state index contributed by atoms with van der Waals surface area (Å²) in [6, 6.07) is 12.9. The Labute approximate surface area is 209 Å². The lowest BCUT2D eigenvalue weighted by molar-refractivity contribution is -0.132. The molecule has 35 heavy (non-hydrogen) atoms. The number of aromatic carboxylic acids is 1. The maximum Gasteiger partial charge on any atom is 0.345 e. The Balaban J connectivity index is 1.47. The molecule has 192 valence electrons. The van der Waals surface area contributed by atoms with Gasteiger partial charge >= 0.3 is 5.97 Å². The topological polar surface area (TPSA) is 81.0 Å². The summed E-state index contributed by atoms with van der Waals surface area (Å²) in [5.74, 6) is -4.20. The van der Waals surface area contributed by atoms with Crippen molar-refractivity contribution in [2.24, 2.45) is 5.92 Å². The molecule has 0 radical (unpaired) electrons. The van der Waals surface area contributed by atoms with Crippen LogP contribution in [0, 0.1) is 5.92 Å². The zero-order valence-corrected chi connectivity index (χ0v) is 20.8. The number of unbranched alkanes of at least 4 members (excludes halogenated alkanes) is 1. The van der Waals surface area contributed by atoms with Crippen LogP contribution in [0.4, 0.5) is 8.78 Å². The van der Waals surface area contributed by atoms with Crippen LogP contribution in [-0.4, -0.2) is 57.0 Å². The highest BCUT2D eigenvalue weighted by atomic mass is 32.1. The van der Waals surface area contributed by atoms with Crippen molar-refractivity contribution in [3.05, 3.63) is 69.9 Å². The predicted octanol–water partition coefficient (Wildman–Crippen LogP) is 5.37. The molecule has 2 heterocycles. The van der Waals surface area contributed by atoms with Crippen molar-refractivity contribution >= 4 is 17.3 Å². The Morgan fingerprint density at radius 1 is 1.17 bits per heavy atom. The van der Waals surface area contributed by atoms with Gasteiger partial charge in [0.1, 0.15) is 4.88 Å². The molecule has 5 nitrogen and oxygen atoms in total. The number of carboxylic acid groups (broad SMARTS) is 1. The Hall–Kier alpha value is -2.13. The number of benzene rings is 1. The predicted molar refractivity (Wildman–Crippen MR) is 134 cm³/mol. The average molecular weight is 508 g/mol. The van der Waals surface area contributed by atoms with Gasteiger partial charge in [0.05, 0.1) is 6.10 Å². The standard InChI is InChI=1S/C27H35F2NO4S/c1-19(8-5-6-11-20-9-3-2-4-10-20)23(31)15-13-21-18-27(28,29)26(34)30(21)17-7-12-22-14-16-24(35-22)25(32)33/h2-4,9-10,13-16,19,21,23,26,31,34H,5-8,11-12,17-18H2,1H3,(H,32,33). The Bertz CT molecular complexity index is 965. The third kappa shape index (κ3) is 7.93. The third-order valence-electron chi connectivity index (χ3n) is 6.64. The fraction of sp³-hybridized carbons (Fsp3) is 0.519. The van der Waals surface area contributed by atoms with E-state index in [-0.39, 0.29) is 17.3 Å². The van der Waals surface area contributed by atoms with Crippen molar-refractivity contribution in [1.29, 1.82) is 0 Å². The number of nitrogens with zero attached hydrogens (tertiary/aromatic N) is 1. The molecule has 1 aliphatic heterocycles. The molecule has 8 heteroatoms. The van der Waals surface area contributed by atoms with E-state index in [1.165, 1.54) is 27.9 Å². The molecule has 4 unspecified atom stereocenters. The van der Waals surface area contributed by atoms with Crippen LogP contribution in [0.1, 0.15) is 59.1 Å². The van der Waals surface area contributed by atoms with Crippen molar-refractivity contribution in [1.82, 2.24) is 4.90 Å². The minimum atomic E-state index is -3.22. The van der Waals surface area contributed by atoms with Crippen molar-refractivity contribution in [2.75, 3.05) is 6.54 Å². The first kappa shape index (κ1) is 27.5. The summed E-state index contributed by atoms with van der Waals surface area (Å²) in [5, 5.41) is 29.8. The molecule has 0 aliphatic carbocycles. The van der Waals surface area contributed by atoms with E-state index in [0.29, 0.717) is 12.8 Å². The van der Waals surface area contributed by atoms with Crippen LogP contribution in [-0.2, 0) is 12.8 Å². The number of aliphatic hydroxyl groups is 2. The Kier molecular flexibility index (Phi) is 9.98. The highest BCUT2D eigenvalue weighted by Gasteiger charge is 2.52. The summed E-state index contributed by atoms with van der Waals surface area (Å²) in [6.07, 6.45) is 4.97. The number of likely N-dealkylation sites (tertiary alicyclic amines) is 1. The number of carbonyl (C=O) groups is 1. The Morgan fingerprint density at radius 3 is 2.60 bits per heavy atom. The zero-order valence-electron chi connectivity index (χ0n) is 20.0. The van der Waals surface area contributed by atoms with E-state index in [9.17, 15) is 23.8 Å². The number of thiophene rings is 1. The first-order chi connectivity index (χ1) is 16.7.